The van der Waals surface area contributed by atoms with Crippen molar-refractivity contribution in [2.75, 3.05) is 45.6 Å². The summed E-state index contributed by atoms with van der Waals surface area (Å²) in [4.78, 5) is 19.5. The Kier molecular flexibility index (Phi) is 7.59. The summed E-state index contributed by atoms with van der Waals surface area (Å²) in [6.07, 6.45) is 3.77. The van der Waals surface area contributed by atoms with Gasteiger partial charge in [-0.05, 0) is 51.9 Å². The van der Waals surface area contributed by atoms with Gasteiger partial charge in [0.2, 0.25) is 10.0 Å². The van der Waals surface area contributed by atoms with Crippen LogP contribution >= 0.6 is 11.8 Å². The summed E-state index contributed by atoms with van der Waals surface area (Å²) < 4.78 is 35.1. The van der Waals surface area contributed by atoms with E-state index in [-0.39, 0.29) is 22.5 Å². The summed E-state index contributed by atoms with van der Waals surface area (Å²) in [7, 11) is -1.55. The molecule has 8 nitrogen and oxygen atoms in total. The zero-order valence-electron chi connectivity index (χ0n) is 19.5. The van der Waals surface area contributed by atoms with Crippen LogP contribution in [0.25, 0.3) is 0 Å². The summed E-state index contributed by atoms with van der Waals surface area (Å²) in [6, 6.07) is 5.22. The van der Waals surface area contributed by atoms with E-state index < -0.39 is 10.0 Å². The molecule has 0 bridgehead atoms. The fraction of sp³-hybridized carbons (Fsp3) is 0.565. The second kappa shape index (κ2) is 10.3. The van der Waals surface area contributed by atoms with Crippen LogP contribution in [-0.4, -0.2) is 84.6 Å². The van der Waals surface area contributed by atoms with Gasteiger partial charge in [0.25, 0.3) is 0 Å². The Bertz CT molecular complexity index is 1080. The number of hydrogen-bond acceptors (Lipinski definition) is 7. The maximum Gasteiger partial charge on any atom is 0.244 e. The number of nitrogens with zero attached hydrogens (tertiary/aromatic N) is 4. The van der Waals surface area contributed by atoms with Crippen molar-refractivity contribution in [2.45, 2.75) is 49.3 Å². The zero-order valence-corrected chi connectivity index (χ0v) is 21.1. The first-order valence-electron chi connectivity index (χ1n) is 11.3. The molecule has 2 aromatic heterocycles. The third kappa shape index (κ3) is 5.51. The van der Waals surface area contributed by atoms with E-state index in [4.69, 9.17) is 4.74 Å². The van der Waals surface area contributed by atoms with Crippen LogP contribution in [0.2, 0.25) is 0 Å². The highest BCUT2D eigenvalue weighted by atomic mass is 32.2. The zero-order chi connectivity index (χ0) is 23.6. The number of likely N-dealkylation sites (N-methyl/N-ethyl adjacent to an activating group) is 1. The Morgan fingerprint density at radius 3 is 2.61 bits per heavy atom. The van der Waals surface area contributed by atoms with Gasteiger partial charge in [-0.25, -0.2) is 13.4 Å². The molecule has 4 heterocycles. The molecule has 2 aromatic rings. The van der Waals surface area contributed by atoms with Gasteiger partial charge >= 0.3 is 0 Å². The van der Waals surface area contributed by atoms with Crippen LogP contribution in [-0.2, 0) is 21.3 Å². The molecule has 180 valence electrons. The lowest BCUT2D eigenvalue weighted by atomic mass is 10.2. The topological polar surface area (TPSA) is 84.7 Å². The van der Waals surface area contributed by atoms with Crippen molar-refractivity contribution in [2.24, 2.45) is 0 Å². The highest BCUT2D eigenvalue weighted by Crippen LogP contribution is 2.24. The van der Waals surface area contributed by atoms with Gasteiger partial charge in [-0.2, -0.15) is 4.31 Å². The van der Waals surface area contributed by atoms with Crippen LogP contribution < -0.4 is 0 Å². The monoisotopic (exact) mass is 492 g/mol. The third-order valence-electron chi connectivity index (χ3n) is 6.44. The van der Waals surface area contributed by atoms with Crippen molar-refractivity contribution in [3.8, 4) is 0 Å². The van der Waals surface area contributed by atoms with Gasteiger partial charge in [-0.1, -0.05) is 11.8 Å². The Labute approximate surface area is 200 Å². The number of piperazine rings is 1. The van der Waals surface area contributed by atoms with E-state index in [1.165, 1.54) is 22.3 Å². The van der Waals surface area contributed by atoms with E-state index in [0.29, 0.717) is 18.1 Å². The highest BCUT2D eigenvalue weighted by Gasteiger charge is 2.28. The third-order valence-corrected chi connectivity index (χ3v) is 9.27. The number of pyridine rings is 1. The van der Waals surface area contributed by atoms with Gasteiger partial charge in [0.05, 0.1) is 16.9 Å². The maximum absolute atomic E-state index is 12.9. The Morgan fingerprint density at radius 2 is 1.97 bits per heavy atom. The van der Waals surface area contributed by atoms with Gasteiger partial charge in [0, 0.05) is 62.5 Å². The molecule has 0 saturated carbocycles. The number of ether oxygens (including phenoxy) is 1. The minimum Gasteiger partial charge on any atom is -0.376 e. The summed E-state index contributed by atoms with van der Waals surface area (Å²) in [5.41, 5.74) is 2.76. The second-order valence-electron chi connectivity index (χ2n) is 8.78. The number of thioether (sulfide) groups is 1. The van der Waals surface area contributed by atoms with E-state index in [0.717, 1.165) is 56.0 Å². The Morgan fingerprint density at radius 1 is 1.21 bits per heavy atom. The number of carbonyl (C=O) groups excluding carboxylic acids is 1. The molecule has 0 N–H and O–H groups in total. The van der Waals surface area contributed by atoms with E-state index in [9.17, 15) is 13.2 Å². The van der Waals surface area contributed by atoms with Crippen molar-refractivity contribution in [1.29, 1.82) is 0 Å². The SMILES string of the molecule is Cc1cc(C(=O)CSc2ccc(S(=O)(=O)N3CCN(C)CC3)cn2)c(C)n1CC1CCCO1. The molecular weight excluding hydrogens is 460 g/mol. The lowest BCUT2D eigenvalue weighted by Crippen LogP contribution is -2.47. The first kappa shape index (κ1) is 24.4. The standard InChI is InChI=1S/C23H32N4O4S2/c1-17-13-21(18(2)27(17)15-19-5-4-12-31-19)22(28)16-32-23-7-6-20(14-24-23)33(29,30)26-10-8-25(3)9-11-26/h6-7,13-14,19H,4-5,8-12,15-16H2,1-3H3. The molecule has 33 heavy (non-hydrogen) atoms. The average molecular weight is 493 g/mol. The minimum atomic E-state index is -3.54. The van der Waals surface area contributed by atoms with Crippen LogP contribution in [0.1, 0.15) is 34.6 Å². The fourth-order valence-electron chi connectivity index (χ4n) is 4.36. The van der Waals surface area contributed by atoms with E-state index in [1.807, 2.05) is 27.0 Å². The summed E-state index contributed by atoms with van der Waals surface area (Å²) in [6.45, 7) is 8.00. The number of aromatic nitrogens is 2. The van der Waals surface area contributed by atoms with Crippen molar-refractivity contribution < 1.29 is 17.9 Å². The molecule has 1 unspecified atom stereocenters. The van der Waals surface area contributed by atoms with Crippen molar-refractivity contribution in [1.82, 2.24) is 18.8 Å². The molecule has 0 spiro atoms. The summed E-state index contributed by atoms with van der Waals surface area (Å²) in [5, 5.41) is 0.633. The molecule has 2 aliphatic rings. The molecule has 2 saturated heterocycles. The van der Waals surface area contributed by atoms with Gasteiger partial charge in [-0.3, -0.25) is 4.79 Å². The molecule has 0 aliphatic carbocycles. The highest BCUT2D eigenvalue weighted by molar-refractivity contribution is 7.99. The predicted octanol–water partition coefficient (Wildman–Crippen LogP) is 2.59. The normalized spacial score (nSPS) is 20.4. The molecule has 10 heteroatoms. The first-order chi connectivity index (χ1) is 15.8. The Balaban J connectivity index is 1.37. The molecular formula is C23H32N4O4S2. The van der Waals surface area contributed by atoms with E-state index >= 15 is 0 Å². The van der Waals surface area contributed by atoms with Crippen LogP contribution in [0, 0.1) is 13.8 Å². The molecule has 1 atom stereocenters. The summed E-state index contributed by atoms with van der Waals surface area (Å²) >= 11 is 1.33. The van der Waals surface area contributed by atoms with Gasteiger partial charge in [-0.15, -0.1) is 0 Å². The molecule has 0 amide bonds. The largest absolute Gasteiger partial charge is 0.376 e. The number of ketones is 1. The molecule has 2 aliphatic heterocycles. The van der Waals surface area contributed by atoms with Gasteiger partial charge in [0.15, 0.2) is 5.78 Å². The van der Waals surface area contributed by atoms with E-state index in [1.54, 1.807) is 12.1 Å². The Hall–Kier alpha value is -1.72. The number of carbonyl (C=O) groups is 1. The van der Waals surface area contributed by atoms with Crippen LogP contribution in [0.4, 0.5) is 0 Å². The predicted molar refractivity (Wildman–Crippen MR) is 128 cm³/mol. The number of hydrogen-bond donors (Lipinski definition) is 0. The minimum absolute atomic E-state index is 0.0441. The van der Waals surface area contributed by atoms with Gasteiger partial charge in [0.1, 0.15) is 4.90 Å². The van der Waals surface area contributed by atoms with Crippen LogP contribution in [0.5, 0.6) is 0 Å². The van der Waals surface area contributed by atoms with Crippen LogP contribution in [0.3, 0.4) is 0 Å². The average Bonchev–Trinajstić information content (AvgIpc) is 3.42. The molecule has 0 aromatic carbocycles. The number of aryl methyl sites for hydroxylation is 1. The molecule has 0 radical (unpaired) electrons. The first-order valence-corrected chi connectivity index (χ1v) is 13.8. The lowest BCUT2D eigenvalue weighted by molar-refractivity contribution is 0.0957. The van der Waals surface area contributed by atoms with Crippen molar-refractivity contribution in [3.05, 3.63) is 41.3 Å². The maximum atomic E-state index is 12.9. The summed E-state index contributed by atoms with van der Waals surface area (Å²) in [5.74, 6) is 0.296. The van der Waals surface area contributed by atoms with E-state index in [2.05, 4.69) is 14.5 Å². The number of sulfonamides is 1. The molecule has 4 rings (SSSR count). The fourth-order valence-corrected chi connectivity index (χ4v) is 6.45. The van der Waals surface area contributed by atoms with Crippen molar-refractivity contribution >= 4 is 27.6 Å². The quantitative estimate of drug-likeness (QED) is 0.414. The lowest BCUT2D eigenvalue weighted by Gasteiger charge is -2.31. The smallest absolute Gasteiger partial charge is 0.244 e. The second-order valence-corrected chi connectivity index (χ2v) is 11.7. The number of Topliss-reactive ketones (excluding diaryl/α,β-unsaturated/α-hetero) is 1. The number of rotatable bonds is 8. The van der Waals surface area contributed by atoms with Gasteiger partial charge < -0.3 is 14.2 Å². The van der Waals surface area contributed by atoms with Crippen LogP contribution in [0.15, 0.2) is 34.3 Å². The van der Waals surface area contributed by atoms with Crippen molar-refractivity contribution in [3.63, 3.8) is 0 Å². The molecule has 2 fully saturated rings.